The lowest BCUT2D eigenvalue weighted by Gasteiger charge is -2.08. The summed E-state index contributed by atoms with van der Waals surface area (Å²) in [4.78, 5) is 11.4. The molecule has 0 amide bonds. The molecule has 0 saturated carbocycles. The lowest BCUT2D eigenvalue weighted by Crippen LogP contribution is -2.01. The zero-order chi connectivity index (χ0) is 12.3. The van der Waals surface area contributed by atoms with E-state index in [0.717, 1.165) is 17.5 Å². The normalized spacial score (nSPS) is 14.9. The van der Waals surface area contributed by atoms with Gasteiger partial charge in [-0.05, 0) is 42.2 Å². The van der Waals surface area contributed by atoms with Crippen molar-refractivity contribution < 1.29 is 13.9 Å². The third-order valence-corrected chi connectivity index (χ3v) is 3.03. The third-order valence-electron chi connectivity index (χ3n) is 3.03. The van der Waals surface area contributed by atoms with Gasteiger partial charge in [-0.15, -0.1) is 0 Å². The number of aryl methyl sites for hydroxylation is 1. The van der Waals surface area contributed by atoms with Gasteiger partial charge in [0.05, 0.1) is 6.33 Å². The third kappa shape index (κ3) is 2.54. The predicted octanol–water partition coefficient (Wildman–Crippen LogP) is 3.46. The van der Waals surface area contributed by atoms with Crippen LogP contribution in [0.15, 0.2) is 30.1 Å². The van der Waals surface area contributed by atoms with Crippen molar-refractivity contribution in [1.29, 1.82) is 0 Å². The number of benzene rings is 1. The fourth-order valence-electron chi connectivity index (χ4n) is 1.91. The molecule has 0 heterocycles. The van der Waals surface area contributed by atoms with Gasteiger partial charge in [0.2, 0.25) is 0 Å². The Bertz CT molecular complexity index is 463. The molecule has 2 rings (SSSR count). The first-order valence-electron chi connectivity index (χ1n) is 5.81. The number of hydrogen-bond acceptors (Lipinski definition) is 2. The highest BCUT2D eigenvalue weighted by atomic mass is 19.1. The van der Waals surface area contributed by atoms with Gasteiger partial charge in [0, 0.05) is 12.0 Å². The Hall–Kier alpha value is -1.64. The molecule has 0 bridgehead atoms. The number of carbonyl (C=O) groups is 1. The van der Waals surface area contributed by atoms with Gasteiger partial charge in [0.1, 0.15) is 12.4 Å². The average molecular weight is 234 g/mol. The molecule has 90 valence electrons. The number of ketones is 1. The van der Waals surface area contributed by atoms with E-state index in [-0.39, 0.29) is 12.4 Å². The highest BCUT2D eigenvalue weighted by molar-refractivity contribution is 6.00. The van der Waals surface area contributed by atoms with Crippen LogP contribution < -0.4 is 4.74 Å². The van der Waals surface area contributed by atoms with Gasteiger partial charge in [-0.25, -0.2) is 4.39 Å². The number of ether oxygens (including phenoxy) is 1. The van der Waals surface area contributed by atoms with Crippen LogP contribution in [-0.4, -0.2) is 12.4 Å². The van der Waals surface area contributed by atoms with E-state index in [2.05, 4.69) is 0 Å². The highest BCUT2D eigenvalue weighted by Gasteiger charge is 2.19. The first-order valence-corrected chi connectivity index (χ1v) is 5.81. The average Bonchev–Trinajstić information content (AvgIpc) is 2.72. The van der Waals surface area contributed by atoms with Crippen LogP contribution in [0.1, 0.15) is 35.7 Å². The quantitative estimate of drug-likeness (QED) is 0.797. The van der Waals surface area contributed by atoms with Crippen molar-refractivity contribution in [3.8, 4) is 5.75 Å². The van der Waals surface area contributed by atoms with Crippen LogP contribution >= 0.6 is 0 Å². The summed E-state index contributed by atoms with van der Waals surface area (Å²) >= 11 is 0. The van der Waals surface area contributed by atoms with E-state index in [9.17, 15) is 9.18 Å². The number of Topliss-reactive ketones (excluding diaryl/α,β-unsaturated/α-hetero) is 1. The van der Waals surface area contributed by atoms with Crippen molar-refractivity contribution in [2.45, 2.75) is 26.2 Å². The largest absolute Gasteiger partial charge is 0.489 e. The molecule has 0 atom stereocenters. The molecule has 1 aromatic carbocycles. The Labute approximate surface area is 100 Å². The van der Waals surface area contributed by atoms with Gasteiger partial charge >= 0.3 is 0 Å². The van der Waals surface area contributed by atoms with Crippen LogP contribution in [0.2, 0.25) is 0 Å². The van der Waals surface area contributed by atoms with E-state index in [1.807, 2.05) is 13.0 Å². The maximum absolute atomic E-state index is 12.3. The van der Waals surface area contributed by atoms with Gasteiger partial charge in [0.25, 0.3) is 0 Å². The summed E-state index contributed by atoms with van der Waals surface area (Å²) in [7, 11) is 0. The lowest BCUT2D eigenvalue weighted by atomic mass is 10.1. The summed E-state index contributed by atoms with van der Waals surface area (Å²) in [5.74, 6) is 0.899. The van der Waals surface area contributed by atoms with E-state index in [4.69, 9.17) is 4.74 Å². The second-order valence-electron chi connectivity index (χ2n) is 4.15. The predicted molar refractivity (Wildman–Crippen MR) is 64.1 cm³/mol. The topological polar surface area (TPSA) is 26.3 Å². The van der Waals surface area contributed by atoms with Crippen molar-refractivity contribution in [3.63, 3.8) is 0 Å². The van der Waals surface area contributed by atoms with E-state index < -0.39 is 0 Å². The van der Waals surface area contributed by atoms with Crippen LogP contribution in [0.5, 0.6) is 5.75 Å². The molecule has 0 aromatic heterocycles. The van der Waals surface area contributed by atoms with Crippen molar-refractivity contribution >= 4 is 5.78 Å². The molecule has 0 aliphatic heterocycles. The minimum atomic E-state index is 0.199. The molecule has 1 aliphatic carbocycles. The van der Waals surface area contributed by atoms with E-state index in [1.165, 1.54) is 0 Å². The summed E-state index contributed by atoms with van der Waals surface area (Å²) in [5, 5.41) is 0. The van der Waals surface area contributed by atoms with Crippen molar-refractivity contribution in [3.05, 3.63) is 41.2 Å². The van der Waals surface area contributed by atoms with Crippen molar-refractivity contribution in [2.75, 3.05) is 6.61 Å². The van der Waals surface area contributed by atoms with Crippen LogP contribution in [0.25, 0.3) is 0 Å². The number of carbonyl (C=O) groups excluding carboxylic acids is 1. The van der Waals surface area contributed by atoms with Crippen LogP contribution in [0.4, 0.5) is 4.39 Å². The van der Waals surface area contributed by atoms with Gasteiger partial charge in [-0.3, -0.25) is 4.79 Å². The second kappa shape index (κ2) is 5.13. The molecular weight excluding hydrogens is 219 g/mol. The van der Waals surface area contributed by atoms with Crippen molar-refractivity contribution in [2.24, 2.45) is 0 Å². The molecule has 0 spiro atoms. The molecule has 0 saturated heterocycles. The van der Waals surface area contributed by atoms with E-state index >= 15 is 0 Å². The zero-order valence-electron chi connectivity index (χ0n) is 9.83. The zero-order valence-corrected chi connectivity index (χ0v) is 9.83. The van der Waals surface area contributed by atoms with Crippen molar-refractivity contribution in [1.82, 2.24) is 0 Å². The summed E-state index contributed by atoms with van der Waals surface area (Å²) in [6.45, 7) is 2.15. The Morgan fingerprint density at radius 2 is 2.29 bits per heavy atom. The second-order valence-corrected chi connectivity index (χ2v) is 4.15. The number of rotatable bonds is 4. The maximum Gasteiger partial charge on any atom is 0.163 e. The molecular formula is C14H15FO2. The molecule has 17 heavy (non-hydrogen) atoms. The molecule has 0 unspecified atom stereocenters. The number of hydrogen-bond donors (Lipinski definition) is 0. The summed E-state index contributed by atoms with van der Waals surface area (Å²) in [6.07, 6.45) is 2.60. The molecule has 0 N–H and O–H groups in total. The van der Waals surface area contributed by atoms with Gasteiger partial charge in [0.15, 0.2) is 5.78 Å². The van der Waals surface area contributed by atoms with E-state index in [1.54, 1.807) is 12.1 Å². The summed E-state index contributed by atoms with van der Waals surface area (Å²) in [5.41, 5.74) is 2.46. The first-order chi connectivity index (χ1) is 8.24. The number of halogens is 1. The molecule has 1 aliphatic rings. The molecule has 1 aromatic rings. The van der Waals surface area contributed by atoms with E-state index in [0.29, 0.717) is 30.5 Å². The molecule has 0 radical (unpaired) electrons. The Balaban J connectivity index is 2.06. The van der Waals surface area contributed by atoms with Gasteiger partial charge in [-0.2, -0.15) is 0 Å². The summed E-state index contributed by atoms with van der Waals surface area (Å²) in [6, 6.07) is 5.45. The highest BCUT2D eigenvalue weighted by Crippen LogP contribution is 2.26. The van der Waals surface area contributed by atoms with Gasteiger partial charge < -0.3 is 4.74 Å². The minimum Gasteiger partial charge on any atom is -0.489 e. The molecule has 0 fully saturated rings. The van der Waals surface area contributed by atoms with Crippen LogP contribution in [-0.2, 0) is 6.42 Å². The summed E-state index contributed by atoms with van der Waals surface area (Å²) < 4.78 is 17.8. The monoisotopic (exact) mass is 234 g/mol. The molecule has 2 nitrogen and oxygen atoms in total. The maximum atomic E-state index is 12.3. The fourth-order valence-corrected chi connectivity index (χ4v) is 1.91. The lowest BCUT2D eigenvalue weighted by molar-refractivity contribution is 0.0994. The Kier molecular flexibility index (Phi) is 3.57. The number of fused-ring (bicyclic) bond motifs is 1. The van der Waals surface area contributed by atoms with Gasteiger partial charge in [-0.1, -0.05) is 6.92 Å². The Morgan fingerprint density at radius 1 is 1.47 bits per heavy atom. The SMILES string of the molecule is CCC(=CF)COc1ccc2c(c1)CCC2=O. The first kappa shape index (κ1) is 11.8. The smallest absolute Gasteiger partial charge is 0.163 e. The fraction of sp³-hybridized carbons (Fsp3) is 0.357. The molecule has 3 heteroatoms. The van der Waals surface area contributed by atoms with Crippen LogP contribution in [0.3, 0.4) is 0 Å². The standard InChI is InChI=1S/C14H15FO2/c1-2-10(8-15)9-17-12-4-5-13-11(7-12)3-6-14(13)16/h4-5,7-8H,2-3,6,9H2,1H3. The minimum absolute atomic E-state index is 0.199. The van der Waals surface area contributed by atoms with Crippen LogP contribution in [0, 0.1) is 0 Å². The Morgan fingerprint density at radius 3 is 3.00 bits per heavy atom.